The second-order valence-corrected chi connectivity index (χ2v) is 7.66. The molecule has 1 aliphatic heterocycles. The molecule has 3 N–H and O–H groups in total. The standard InChI is InChI=1S/C24H25N5O5/c1-33-13-12-29-21(20(23(31)27-24(29)32)25-15-16-8-4-2-5-9-16)26-22(30)19-14-18(28-34-19)17-10-6-3-7-11-17/h2-11,19,25H,12-15H2,1H3,(H,26,30)(H,27,31,32). The number of oxime groups is 1. The number of carbonyl (C=O) groups is 1. The summed E-state index contributed by atoms with van der Waals surface area (Å²) in [7, 11) is 1.50. The average molecular weight is 463 g/mol. The van der Waals surface area contributed by atoms with Crippen molar-refractivity contribution in [3.63, 3.8) is 0 Å². The Morgan fingerprint density at radius 1 is 1.15 bits per heavy atom. The van der Waals surface area contributed by atoms with Crippen LogP contribution in [0.3, 0.4) is 0 Å². The van der Waals surface area contributed by atoms with E-state index < -0.39 is 23.3 Å². The summed E-state index contributed by atoms with van der Waals surface area (Å²) in [4.78, 5) is 46.0. The zero-order chi connectivity index (χ0) is 23.9. The van der Waals surface area contributed by atoms with Crippen molar-refractivity contribution < 1.29 is 14.4 Å². The number of amides is 1. The molecule has 0 saturated carbocycles. The molecule has 0 radical (unpaired) electrons. The molecule has 0 saturated heterocycles. The van der Waals surface area contributed by atoms with Crippen molar-refractivity contribution in [1.29, 1.82) is 0 Å². The Morgan fingerprint density at radius 3 is 2.56 bits per heavy atom. The van der Waals surface area contributed by atoms with Gasteiger partial charge in [-0.2, -0.15) is 0 Å². The number of methoxy groups -OCH3 is 1. The van der Waals surface area contributed by atoms with Crippen molar-refractivity contribution in [3.05, 3.63) is 92.6 Å². The smallest absolute Gasteiger partial charge is 0.330 e. The second-order valence-electron chi connectivity index (χ2n) is 7.66. The van der Waals surface area contributed by atoms with E-state index in [0.29, 0.717) is 12.3 Å². The minimum atomic E-state index is -0.901. The zero-order valence-electron chi connectivity index (χ0n) is 18.6. The van der Waals surface area contributed by atoms with Crippen molar-refractivity contribution in [3.8, 4) is 0 Å². The lowest BCUT2D eigenvalue weighted by atomic mass is 10.0. The van der Waals surface area contributed by atoms with Crippen LogP contribution in [0.15, 0.2) is 75.4 Å². The molecule has 0 aliphatic carbocycles. The van der Waals surface area contributed by atoms with Crippen molar-refractivity contribution in [2.75, 3.05) is 24.4 Å². The predicted octanol–water partition coefficient (Wildman–Crippen LogP) is 1.93. The van der Waals surface area contributed by atoms with Gasteiger partial charge in [0.2, 0.25) is 6.10 Å². The molecule has 1 amide bonds. The highest BCUT2D eigenvalue weighted by atomic mass is 16.6. The summed E-state index contributed by atoms with van der Waals surface area (Å²) in [5.74, 6) is -0.475. The van der Waals surface area contributed by atoms with Crippen LogP contribution in [-0.4, -0.2) is 41.0 Å². The molecule has 0 bridgehead atoms. The fourth-order valence-corrected chi connectivity index (χ4v) is 3.56. The molecule has 2 aromatic carbocycles. The van der Waals surface area contributed by atoms with Gasteiger partial charge in [0.1, 0.15) is 11.5 Å². The molecule has 2 heterocycles. The fourth-order valence-electron chi connectivity index (χ4n) is 3.56. The fraction of sp³-hybridized carbons (Fsp3) is 0.250. The van der Waals surface area contributed by atoms with Crippen molar-refractivity contribution in [1.82, 2.24) is 9.55 Å². The summed E-state index contributed by atoms with van der Waals surface area (Å²) in [5.41, 5.74) is 1.20. The number of nitrogens with zero attached hydrogens (tertiary/aromatic N) is 2. The molecular formula is C24H25N5O5. The number of aromatic nitrogens is 2. The Balaban J connectivity index is 1.59. The number of carbonyl (C=O) groups excluding carboxylic acids is 1. The third kappa shape index (κ3) is 5.24. The minimum absolute atomic E-state index is 0.0449. The second kappa shape index (κ2) is 10.6. The van der Waals surface area contributed by atoms with Gasteiger partial charge in [-0.25, -0.2) is 4.79 Å². The van der Waals surface area contributed by atoms with Crippen LogP contribution in [0.2, 0.25) is 0 Å². The Kier molecular flexibility index (Phi) is 7.19. The molecule has 4 rings (SSSR count). The maximum absolute atomic E-state index is 13.1. The third-order valence-corrected chi connectivity index (χ3v) is 5.34. The SMILES string of the molecule is COCCn1c(NC(=O)C2CC(c3ccccc3)=NO2)c(NCc2ccccc2)c(=O)[nH]c1=O. The van der Waals surface area contributed by atoms with Gasteiger partial charge in [-0.05, 0) is 11.1 Å². The Hall–Kier alpha value is -4.18. The first-order valence-electron chi connectivity index (χ1n) is 10.8. The number of H-pyrrole nitrogens is 1. The summed E-state index contributed by atoms with van der Waals surface area (Å²) < 4.78 is 6.35. The molecule has 1 aliphatic rings. The predicted molar refractivity (Wildman–Crippen MR) is 128 cm³/mol. The molecule has 10 nitrogen and oxygen atoms in total. The van der Waals surface area contributed by atoms with E-state index in [0.717, 1.165) is 11.1 Å². The summed E-state index contributed by atoms with van der Waals surface area (Å²) in [6.07, 6.45) is -0.642. The summed E-state index contributed by atoms with van der Waals surface area (Å²) in [6.45, 7) is 0.643. The molecule has 1 atom stereocenters. The van der Waals surface area contributed by atoms with E-state index in [-0.39, 0.29) is 31.1 Å². The Morgan fingerprint density at radius 2 is 1.85 bits per heavy atom. The molecule has 1 aromatic heterocycles. The van der Waals surface area contributed by atoms with Crippen LogP contribution in [0.5, 0.6) is 0 Å². The van der Waals surface area contributed by atoms with E-state index in [4.69, 9.17) is 9.57 Å². The highest BCUT2D eigenvalue weighted by Gasteiger charge is 2.30. The molecule has 10 heteroatoms. The van der Waals surface area contributed by atoms with Crippen LogP contribution < -0.4 is 21.9 Å². The van der Waals surface area contributed by atoms with Crippen molar-refractivity contribution >= 4 is 23.1 Å². The van der Waals surface area contributed by atoms with E-state index in [1.165, 1.54) is 11.7 Å². The lowest BCUT2D eigenvalue weighted by molar-refractivity contribution is -0.125. The van der Waals surface area contributed by atoms with Gasteiger partial charge in [0.25, 0.3) is 11.5 Å². The zero-order valence-corrected chi connectivity index (χ0v) is 18.6. The first kappa shape index (κ1) is 23.0. The normalized spacial score (nSPS) is 14.9. The van der Waals surface area contributed by atoms with Crippen LogP contribution >= 0.6 is 0 Å². The average Bonchev–Trinajstić information content (AvgIpc) is 3.35. The monoisotopic (exact) mass is 463 g/mol. The van der Waals surface area contributed by atoms with Crippen LogP contribution in [0.4, 0.5) is 11.5 Å². The molecule has 3 aromatic rings. The number of benzene rings is 2. The van der Waals surface area contributed by atoms with E-state index in [1.54, 1.807) is 0 Å². The van der Waals surface area contributed by atoms with Crippen LogP contribution in [0.25, 0.3) is 0 Å². The molecule has 176 valence electrons. The summed E-state index contributed by atoms with van der Waals surface area (Å²) in [6, 6.07) is 18.9. The molecular weight excluding hydrogens is 438 g/mol. The summed E-state index contributed by atoms with van der Waals surface area (Å²) in [5, 5.41) is 9.79. The van der Waals surface area contributed by atoms with Gasteiger partial charge in [0, 0.05) is 20.1 Å². The van der Waals surface area contributed by atoms with E-state index in [2.05, 4.69) is 20.8 Å². The highest BCUT2D eigenvalue weighted by molar-refractivity contribution is 6.06. The van der Waals surface area contributed by atoms with Crippen molar-refractivity contribution in [2.45, 2.75) is 25.6 Å². The van der Waals surface area contributed by atoms with Gasteiger partial charge in [-0.1, -0.05) is 65.8 Å². The number of anilines is 2. The van der Waals surface area contributed by atoms with E-state index in [9.17, 15) is 14.4 Å². The lowest BCUT2D eigenvalue weighted by Crippen LogP contribution is -2.38. The van der Waals surface area contributed by atoms with Gasteiger partial charge in [-0.3, -0.25) is 19.1 Å². The largest absolute Gasteiger partial charge is 0.383 e. The molecule has 1 unspecified atom stereocenters. The molecule has 34 heavy (non-hydrogen) atoms. The Labute approximate surface area is 195 Å². The van der Waals surface area contributed by atoms with Gasteiger partial charge in [0.15, 0.2) is 0 Å². The quantitative estimate of drug-likeness (QED) is 0.445. The lowest BCUT2D eigenvalue weighted by Gasteiger charge is -2.18. The number of nitrogens with one attached hydrogen (secondary N) is 3. The molecule has 0 fully saturated rings. The van der Waals surface area contributed by atoms with Gasteiger partial charge in [0.05, 0.1) is 18.9 Å². The van der Waals surface area contributed by atoms with Crippen molar-refractivity contribution in [2.24, 2.45) is 5.16 Å². The minimum Gasteiger partial charge on any atom is -0.383 e. The first-order chi connectivity index (χ1) is 16.6. The van der Waals surface area contributed by atoms with Crippen LogP contribution in [-0.2, 0) is 27.5 Å². The highest BCUT2D eigenvalue weighted by Crippen LogP contribution is 2.21. The first-order valence-corrected chi connectivity index (χ1v) is 10.8. The van der Waals surface area contributed by atoms with E-state index >= 15 is 0 Å². The Bertz CT molecular complexity index is 1280. The molecule has 0 spiro atoms. The third-order valence-electron chi connectivity index (χ3n) is 5.34. The number of rotatable bonds is 9. The maximum Gasteiger partial charge on any atom is 0.330 e. The van der Waals surface area contributed by atoms with Gasteiger partial charge >= 0.3 is 5.69 Å². The number of ether oxygens (including phenoxy) is 1. The van der Waals surface area contributed by atoms with Gasteiger partial charge < -0.3 is 20.2 Å². The number of hydrogen-bond donors (Lipinski definition) is 3. The van der Waals surface area contributed by atoms with E-state index in [1.807, 2.05) is 60.7 Å². The number of aromatic amines is 1. The van der Waals surface area contributed by atoms with Crippen LogP contribution in [0, 0.1) is 0 Å². The van der Waals surface area contributed by atoms with Crippen LogP contribution in [0.1, 0.15) is 17.5 Å². The topological polar surface area (TPSA) is 127 Å². The maximum atomic E-state index is 13.1. The number of hydrogen-bond acceptors (Lipinski definition) is 7. The summed E-state index contributed by atoms with van der Waals surface area (Å²) >= 11 is 0. The van der Waals surface area contributed by atoms with Gasteiger partial charge in [-0.15, -0.1) is 0 Å².